The second kappa shape index (κ2) is 8.17. The molecule has 6 aromatic rings. The van der Waals surface area contributed by atoms with Crippen molar-refractivity contribution in [3.05, 3.63) is 84.6 Å². The highest BCUT2D eigenvalue weighted by molar-refractivity contribution is 5.80. The lowest BCUT2D eigenvalue weighted by Gasteiger charge is -2.28. The standard InChI is InChI=1S/C26H16FN9O/c27-18-3-1-2-17-21(6-7-37-23(17)18)36-24(16-10-29-13-30-11-16)33-20-12-31-26(34-25(20)36)35-14-32-19-5-4-15(9-28)8-22(19)35/h1-5,8,10-14,21H,6-7H2/t21-/m1/s1. The van der Waals surface area contributed by atoms with E-state index in [9.17, 15) is 9.65 Å². The van der Waals surface area contributed by atoms with Crippen molar-refractivity contribution >= 4 is 22.2 Å². The summed E-state index contributed by atoms with van der Waals surface area (Å²) in [5.74, 6) is 0.777. The van der Waals surface area contributed by atoms with E-state index in [2.05, 4.69) is 26.0 Å². The summed E-state index contributed by atoms with van der Waals surface area (Å²) in [6.45, 7) is 0.337. The number of benzene rings is 2. The number of hydrogen-bond donors (Lipinski definition) is 0. The molecule has 1 atom stereocenters. The number of nitriles is 1. The Bertz CT molecular complexity index is 1860. The highest BCUT2D eigenvalue weighted by Crippen LogP contribution is 2.40. The van der Waals surface area contributed by atoms with Crippen molar-refractivity contribution in [3.8, 4) is 29.2 Å². The molecule has 10 nitrogen and oxygen atoms in total. The number of rotatable bonds is 3. The van der Waals surface area contributed by atoms with Gasteiger partial charge >= 0.3 is 0 Å². The van der Waals surface area contributed by atoms with E-state index in [0.29, 0.717) is 63.7 Å². The Balaban J connectivity index is 1.49. The smallest absolute Gasteiger partial charge is 0.237 e. The number of para-hydroxylation sites is 1. The Labute approximate surface area is 208 Å². The van der Waals surface area contributed by atoms with Crippen molar-refractivity contribution in [2.45, 2.75) is 12.5 Å². The average Bonchev–Trinajstić information content (AvgIpc) is 3.54. The van der Waals surface area contributed by atoms with E-state index in [1.807, 2.05) is 10.6 Å². The zero-order valence-corrected chi connectivity index (χ0v) is 19.2. The number of halogens is 1. The van der Waals surface area contributed by atoms with Crippen LogP contribution in [0.5, 0.6) is 5.75 Å². The second-order valence-corrected chi connectivity index (χ2v) is 8.55. The first-order chi connectivity index (χ1) is 18.2. The van der Waals surface area contributed by atoms with E-state index >= 15 is 0 Å². The van der Waals surface area contributed by atoms with Gasteiger partial charge in [0.15, 0.2) is 17.2 Å². The SMILES string of the molecule is N#Cc1ccc2ncn(-c3ncc4nc(-c5cncnc5)n([C@@H]5CCOc6c(F)cccc65)c4n3)c2c1. The zero-order chi connectivity index (χ0) is 24.9. The maximum atomic E-state index is 14.7. The minimum absolute atomic E-state index is 0.231. The largest absolute Gasteiger partial charge is 0.490 e. The summed E-state index contributed by atoms with van der Waals surface area (Å²) in [5.41, 5.74) is 4.45. The van der Waals surface area contributed by atoms with E-state index in [4.69, 9.17) is 14.7 Å². The molecular formula is C26H16FN9O. The predicted octanol–water partition coefficient (Wildman–Crippen LogP) is 4.00. The highest BCUT2D eigenvalue weighted by atomic mass is 19.1. The van der Waals surface area contributed by atoms with Gasteiger partial charge in [0.25, 0.3) is 0 Å². The third-order valence-corrected chi connectivity index (χ3v) is 6.44. The van der Waals surface area contributed by atoms with Crippen LogP contribution in [0.1, 0.15) is 23.6 Å². The molecule has 0 N–H and O–H groups in total. The number of imidazole rings is 2. The molecule has 0 amide bonds. The van der Waals surface area contributed by atoms with E-state index in [-0.39, 0.29) is 11.8 Å². The molecule has 1 aliphatic rings. The van der Waals surface area contributed by atoms with Crippen LogP contribution >= 0.6 is 0 Å². The molecule has 11 heteroatoms. The first kappa shape index (κ1) is 21.1. The summed E-state index contributed by atoms with van der Waals surface area (Å²) in [5, 5.41) is 9.36. The van der Waals surface area contributed by atoms with E-state index in [1.165, 1.54) is 12.4 Å². The molecule has 0 fully saturated rings. The minimum atomic E-state index is -0.412. The lowest BCUT2D eigenvalue weighted by Crippen LogP contribution is -2.22. The number of ether oxygens (including phenoxy) is 1. The van der Waals surface area contributed by atoms with Gasteiger partial charge in [-0.3, -0.25) is 4.57 Å². The number of aromatic nitrogens is 8. The average molecular weight is 489 g/mol. The van der Waals surface area contributed by atoms with Crippen molar-refractivity contribution in [2.24, 2.45) is 0 Å². The Morgan fingerprint density at radius 2 is 1.92 bits per heavy atom. The van der Waals surface area contributed by atoms with Crippen LogP contribution in [0.4, 0.5) is 4.39 Å². The summed E-state index contributed by atoms with van der Waals surface area (Å²) in [6.07, 6.45) is 8.66. The summed E-state index contributed by atoms with van der Waals surface area (Å²) >= 11 is 0. The Morgan fingerprint density at radius 1 is 1.03 bits per heavy atom. The first-order valence-electron chi connectivity index (χ1n) is 11.5. The maximum absolute atomic E-state index is 14.7. The molecule has 178 valence electrons. The van der Waals surface area contributed by atoms with Gasteiger partial charge in [-0.05, 0) is 24.3 Å². The van der Waals surface area contributed by atoms with Crippen LogP contribution < -0.4 is 4.74 Å². The van der Waals surface area contributed by atoms with Crippen molar-refractivity contribution in [1.29, 1.82) is 5.26 Å². The molecule has 7 rings (SSSR count). The Kier molecular flexibility index (Phi) is 4.65. The molecule has 0 aliphatic carbocycles. The van der Waals surface area contributed by atoms with E-state index < -0.39 is 5.82 Å². The molecule has 0 radical (unpaired) electrons. The van der Waals surface area contributed by atoms with Crippen LogP contribution in [0.15, 0.2) is 67.6 Å². The number of nitrogens with zero attached hydrogens (tertiary/aromatic N) is 9. The topological polar surface area (TPSA) is 120 Å². The summed E-state index contributed by atoms with van der Waals surface area (Å²) in [4.78, 5) is 27.0. The summed E-state index contributed by atoms with van der Waals surface area (Å²) in [7, 11) is 0. The van der Waals surface area contributed by atoms with E-state index in [1.54, 1.807) is 53.8 Å². The highest BCUT2D eigenvalue weighted by Gasteiger charge is 2.30. The Morgan fingerprint density at radius 3 is 2.78 bits per heavy atom. The molecule has 1 aliphatic heterocycles. The van der Waals surface area contributed by atoms with Gasteiger partial charge in [0, 0.05) is 24.4 Å². The van der Waals surface area contributed by atoms with Gasteiger partial charge in [-0.1, -0.05) is 12.1 Å². The third-order valence-electron chi connectivity index (χ3n) is 6.44. The molecule has 0 bridgehead atoms. The van der Waals surface area contributed by atoms with Crippen LogP contribution in [-0.4, -0.2) is 45.6 Å². The van der Waals surface area contributed by atoms with Gasteiger partial charge in [0.2, 0.25) is 5.95 Å². The fourth-order valence-electron chi connectivity index (χ4n) is 4.78. The van der Waals surface area contributed by atoms with Crippen molar-refractivity contribution in [1.82, 2.24) is 39.0 Å². The van der Waals surface area contributed by atoms with Crippen LogP contribution in [-0.2, 0) is 0 Å². The zero-order valence-electron chi connectivity index (χ0n) is 19.2. The molecule has 37 heavy (non-hydrogen) atoms. The molecule has 0 saturated carbocycles. The molecule has 5 heterocycles. The van der Waals surface area contributed by atoms with Gasteiger partial charge in [0.05, 0.1) is 47.1 Å². The first-order valence-corrected chi connectivity index (χ1v) is 11.5. The van der Waals surface area contributed by atoms with Crippen LogP contribution in [0, 0.1) is 17.1 Å². The summed E-state index contributed by atoms with van der Waals surface area (Å²) < 4.78 is 24.0. The summed E-state index contributed by atoms with van der Waals surface area (Å²) in [6, 6.07) is 12.0. The van der Waals surface area contributed by atoms with Crippen LogP contribution in [0.3, 0.4) is 0 Å². The van der Waals surface area contributed by atoms with Crippen molar-refractivity contribution < 1.29 is 9.13 Å². The van der Waals surface area contributed by atoms with Crippen molar-refractivity contribution in [3.63, 3.8) is 0 Å². The molecule has 0 unspecified atom stereocenters. The fraction of sp³-hybridized carbons (Fsp3) is 0.115. The van der Waals surface area contributed by atoms with Gasteiger partial charge in [-0.15, -0.1) is 0 Å². The molecule has 0 saturated heterocycles. The number of hydrogen-bond acceptors (Lipinski definition) is 8. The molecule has 4 aromatic heterocycles. The van der Waals surface area contributed by atoms with Gasteiger partial charge in [0.1, 0.15) is 24.0 Å². The lowest BCUT2D eigenvalue weighted by atomic mass is 9.99. The molecule has 2 aromatic carbocycles. The second-order valence-electron chi connectivity index (χ2n) is 8.55. The molecule has 0 spiro atoms. The predicted molar refractivity (Wildman–Crippen MR) is 130 cm³/mol. The van der Waals surface area contributed by atoms with Gasteiger partial charge in [-0.2, -0.15) is 10.2 Å². The maximum Gasteiger partial charge on any atom is 0.237 e. The Hall–Kier alpha value is -5.24. The quantitative estimate of drug-likeness (QED) is 0.366. The van der Waals surface area contributed by atoms with Crippen molar-refractivity contribution in [2.75, 3.05) is 6.61 Å². The normalized spacial score (nSPS) is 14.9. The minimum Gasteiger partial charge on any atom is -0.490 e. The number of fused-ring (bicyclic) bond motifs is 3. The van der Waals surface area contributed by atoms with Gasteiger partial charge in [-0.25, -0.2) is 29.3 Å². The third kappa shape index (κ3) is 3.30. The monoisotopic (exact) mass is 489 g/mol. The lowest BCUT2D eigenvalue weighted by molar-refractivity contribution is 0.246. The fourth-order valence-corrected chi connectivity index (χ4v) is 4.78. The van der Waals surface area contributed by atoms with E-state index in [0.717, 1.165) is 0 Å². The molecular weight excluding hydrogens is 473 g/mol. The van der Waals surface area contributed by atoms with Crippen LogP contribution in [0.2, 0.25) is 0 Å². The van der Waals surface area contributed by atoms with Gasteiger partial charge < -0.3 is 9.30 Å². The van der Waals surface area contributed by atoms with Crippen LogP contribution in [0.25, 0.3) is 39.5 Å².